The Balaban J connectivity index is 3.37. The third-order valence-electron chi connectivity index (χ3n) is 2.33. The van der Waals surface area contributed by atoms with Crippen LogP contribution >= 0.6 is 0 Å². The number of carbonyl (C=O) groups is 1. The number of Topliss-reactive ketones (excluding diaryl/α,β-unsaturated/α-hetero) is 1. The predicted octanol–water partition coefficient (Wildman–Crippen LogP) is 2.15. The number of ketones is 1. The second kappa shape index (κ2) is 6.18. The summed E-state index contributed by atoms with van der Waals surface area (Å²) < 4.78 is 0. The molecule has 0 aliphatic rings. The SMILES string of the molecule is CCC(=O)CCCC(C)C(C)O. The normalized spacial score (nSPS) is 15.7. The summed E-state index contributed by atoms with van der Waals surface area (Å²) in [6.07, 6.45) is 2.93. The van der Waals surface area contributed by atoms with Gasteiger partial charge in [-0.1, -0.05) is 13.8 Å². The van der Waals surface area contributed by atoms with Gasteiger partial charge < -0.3 is 5.11 Å². The molecule has 0 aromatic carbocycles. The first kappa shape index (κ1) is 11.6. The first-order valence-corrected chi connectivity index (χ1v) is 4.77. The zero-order chi connectivity index (χ0) is 9.56. The van der Waals surface area contributed by atoms with Crippen molar-refractivity contribution in [3.05, 3.63) is 0 Å². The Morgan fingerprint density at radius 1 is 1.42 bits per heavy atom. The molecule has 0 aliphatic carbocycles. The largest absolute Gasteiger partial charge is 0.393 e. The lowest BCUT2D eigenvalue weighted by atomic mass is 9.98. The standard InChI is InChI=1S/C10H20O2/c1-4-10(12)7-5-6-8(2)9(3)11/h8-9,11H,4-7H2,1-3H3. The van der Waals surface area contributed by atoms with Gasteiger partial charge in [-0.05, 0) is 25.7 Å². The summed E-state index contributed by atoms with van der Waals surface area (Å²) >= 11 is 0. The van der Waals surface area contributed by atoms with Crippen molar-refractivity contribution in [1.82, 2.24) is 0 Å². The van der Waals surface area contributed by atoms with Crippen LogP contribution in [-0.4, -0.2) is 17.0 Å². The van der Waals surface area contributed by atoms with Gasteiger partial charge in [0.15, 0.2) is 0 Å². The highest BCUT2D eigenvalue weighted by Gasteiger charge is 2.08. The number of hydrogen-bond acceptors (Lipinski definition) is 2. The van der Waals surface area contributed by atoms with Crippen molar-refractivity contribution in [3.8, 4) is 0 Å². The van der Waals surface area contributed by atoms with Crippen LogP contribution in [0.5, 0.6) is 0 Å². The Morgan fingerprint density at radius 2 is 2.00 bits per heavy atom. The summed E-state index contributed by atoms with van der Waals surface area (Å²) in [7, 11) is 0. The predicted molar refractivity (Wildman–Crippen MR) is 50.0 cm³/mol. The van der Waals surface area contributed by atoms with Crippen LogP contribution in [0.3, 0.4) is 0 Å². The van der Waals surface area contributed by atoms with E-state index in [0.717, 1.165) is 12.8 Å². The molecule has 1 N–H and O–H groups in total. The van der Waals surface area contributed by atoms with Crippen LogP contribution in [0.2, 0.25) is 0 Å². The first-order valence-electron chi connectivity index (χ1n) is 4.77. The highest BCUT2D eigenvalue weighted by molar-refractivity contribution is 5.77. The lowest BCUT2D eigenvalue weighted by molar-refractivity contribution is -0.118. The minimum Gasteiger partial charge on any atom is -0.393 e. The van der Waals surface area contributed by atoms with Crippen LogP contribution in [-0.2, 0) is 4.79 Å². The van der Waals surface area contributed by atoms with Gasteiger partial charge in [0.2, 0.25) is 0 Å². The summed E-state index contributed by atoms with van der Waals surface area (Å²) in [5.74, 6) is 0.641. The highest BCUT2D eigenvalue weighted by atomic mass is 16.3. The molecule has 0 amide bonds. The zero-order valence-corrected chi connectivity index (χ0v) is 8.34. The summed E-state index contributed by atoms with van der Waals surface area (Å²) in [5, 5.41) is 9.16. The van der Waals surface area contributed by atoms with Gasteiger partial charge in [0.05, 0.1) is 6.10 Å². The Bertz CT molecular complexity index is 130. The van der Waals surface area contributed by atoms with Gasteiger partial charge in [0.25, 0.3) is 0 Å². The van der Waals surface area contributed by atoms with Crippen LogP contribution in [0, 0.1) is 5.92 Å². The molecule has 0 aliphatic heterocycles. The molecule has 0 radical (unpaired) electrons. The molecule has 0 aromatic rings. The topological polar surface area (TPSA) is 37.3 Å². The molecule has 0 aromatic heterocycles. The van der Waals surface area contributed by atoms with E-state index < -0.39 is 0 Å². The van der Waals surface area contributed by atoms with E-state index in [9.17, 15) is 4.79 Å². The molecule has 2 heteroatoms. The van der Waals surface area contributed by atoms with E-state index in [-0.39, 0.29) is 6.10 Å². The molecule has 0 rings (SSSR count). The fourth-order valence-electron chi connectivity index (χ4n) is 1.04. The second-order valence-electron chi connectivity index (χ2n) is 3.50. The summed E-state index contributed by atoms with van der Waals surface area (Å²) in [4.78, 5) is 10.9. The third-order valence-corrected chi connectivity index (χ3v) is 2.33. The minimum absolute atomic E-state index is 0.248. The van der Waals surface area contributed by atoms with Gasteiger partial charge in [-0.3, -0.25) is 4.79 Å². The van der Waals surface area contributed by atoms with E-state index in [4.69, 9.17) is 5.11 Å². The smallest absolute Gasteiger partial charge is 0.132 e. The van der Waals surface area contributed by atoms with Crippen LogP contribution < -0.4 is 0 Å². The Labute approximate surface area is 75.0 Å². The van der Waals surface area contributed by atoms with Crippen LogP contribution in [0.1, 0.15) is 46.5 Å². The van der Waals surface area contributed by atoms with E-state index >= 15 is 0 Å². The maximum atomic E-state index is 10.9. The average molecular weight is 172 g/mol. The molecule has 0 saturated heterocycles. The van der Waals surface area contributed by atoms with E-state index in [0.29, 0.717) is 24.5 Å². The molecule has 2 nitrogen and oxygen atoms in total. The zero-order valence-electron chi connectivity index (χ0n) is 8.34. The van der Waals surface area contributed by atoms with Crippen molar-refractivity contribution in [1.29, 1.82) is 0 Å². The van der Waals surface area contributed by atoms with Crippen molar-refractivity contribution in [2.75, 3.05) is 0 Å². The van der Waals surface area contributed by atoms with Crippen LogP contribution in [0.15, 0.2) is 0 Å². The van der Waals surface area contributed by atoms with E-state index in [1.807, 2.05) is 13.8 Å². The third kappa shape index (κ3) is 5.30. The van der Waals surface area contributed by atoms with Crippen molar-refractivity contribution in [2.24, 2.45) is 5.92 Å². The van der Waals surface area contributed by atoms with E-state index in [2.05, 4.69) is 0 Å². The molecule has 0 heterocycles. The average Bonchev–Trinajstić information content (AvgIpc) is 2.03. The van der Waals surface area contributed by atoms with Crippen molar-refractivity contribution in [2.45, 2.75) is 52.6 Å². The van der Waals surface area contributed by atoms with Gasteiger partial charge in [-0.2, -0.15) is 0 Å². The summed E-state index contributed by atoms with van der Waals surface area (Å²) in [5.41, 5.74) is 0. The number of rotatable bonds is 6. The van der Waals surface area contributed by atoms with Gasteiger partial charge in [-0.15, -0.1) is 0 Å². The second-order valence-corrected chi connectivity index (χ2v) is 3.50. The van der Waals surface area contributed by atoms with Crippen molar-refractivity contribution in [3.63, 3.8) is 0 Å². The monoisotopic (exact) mass is 172 g/mol. The molecule has 0 spiro atoms. The molecule has 2 atom stereocenters. The molecule has 12 heavy (non-hydrogen) atoms. The summed E-state index contributed by atoms with van der Waals surface area (Å²) in [6, 6.07) is 0. The molecule has 72 valence electrons. The highest BCUT2D eigenvalue weighted by Crippen LogP contribution is 2.12. The number of carbonyl (C=O) groups excluding carboxylic acids is 1. The molecular weight excluding hydrogens is 152 g/mol. The van der Waals surface area contributed by atoms with Gasteiger partial charge in [0, 0.05) is 12.8 Å². The van der Waals surface area contributed by atoms with Crippen LogP contribution in [0.4, 0.5) is 0 Å². The lowest BCUT2D eigenvalue weighted by Crippen LogP contribution is -2.13. The Kier molecular flexibility index (Phi) is 5.99. The number of aliphatic hydroxyl groups excluding tert-OH is 1. The van der Waals surface area contributed by atoms with Crippen molar-refractivity contribution < 1.29 is 9.90 Å². The quantitative estimate of drug-likeness (QED) is 0.666. The summed E-state index contributed by atoms with van der Waals surface area (Å²) in [6.45, 7) is 5.70. The van der Waals surface area contributed by atoms with Gasteiger partial charge >= 0.3 is 0 Å². The van der Waals surface area contributed by atoms with E-state index in [1.165, 1.54) is 0 Å². The molecule has 0 saturated carbocycles. The number of aliphatic hydroxyl groups is 1. The fourth-order valence-corrected chi connectivity index (χ4v) is 1.04. The van der Waals surface area contributed by atoms with Crippen molar-refractivity contribution >= 4 is 5.78 Å². The maximum absolute atomic E-state index is 10.9. The fraction of sp³-hybridized carbons (Fsp3) is 0.900. The van der Waals surface area contributed by atoms with Crippen LogP contribution in [0.25, 0.3) is 0 Å². The first-order chi connectivity index (χ1) is 5.57. The lowest BCUT2D eigenvalue weighted by Gasteiger charge is -2.13. The van der Waals surface area contributed by atoms with E-state index in [1.54, 1.807) is 6.92 Å². The van der Waals surface area contributed by atoms with Gasteiger partial charge in [-0.25, -0.2) is 0 Å². The minimum atomic E-state index is -0.248. The molecule has 0 bridgehead atoms. The Hall–Kier alpha value is -0.370. The Morgan fingerprint density at radius 3 is 2.42 bits per heavy atom. The molecule has 2 unspecified atom stereocenters. The molecule has 0 fully saturated rings. The number of hydrogen-bond donors (Lipinski definition) is 1. The van der Waals surface area contributed by atoms with Gasteiger partial charge in [0.1, 0.15) is 5.78 Å². The molecular formula is C10H20O2. The maximum Gasteiger partial charge on any atom is 0.132 e.